The van der Waals surface area contributed by atoms with Crippen molar-refractivity contribution in [3.63, 3.8) is 0 Å². The van der Waals surface area contributed by atoms with Crippen LogP contribution in [-0.2, 0) is 6.54 Å². The number of benzene rings is 2. The third-order valence-corrected chi connectivity index (χ3v) is 3.94. The smallest absolute Gasteiger partial charge is 0.126 e. The van der Waals surface area contributed by atoms with E-state index in [1.165, 1.54) is 5.56 Å². The second-order valence-electron chi connectivity index (χ2n) is 5.60. The van der Waals surface area contributed by atoms with Gasteiger partial charge in [0.15, 0.2) is 0 Å². The first kappa shape index (κ1) is 15.3. The van der Waals surface area contributed by atoms with E-state index in [4.69, 9.17) is 5.73 Å². The molecular weight excluding hydrogens is 282 g/mol. The molecule has 0 aliphatic rings. The quantitative estimate of drug-likeness (QED) is 0.747. The van der Waals surface area contributed by atoms with E-state index in [-0.39, 0.29) is 6.04 Å². The highest BCUT2D eigenvalue weighted by Gasteiger charge is 2.12. The number of nitrogens with two attached hydrogens (primary N) is 1. The van der Waals surface area contributed by atoms with Crippen LogP contribution in [0.15, 0.2) is 72.8 Å². The lowest BCUT2D eigenvalue weighted by Crippen LogP contribution is -2.14. The predicted molar refractivity (Wildman–Crippen MR) is 95.2 cm³/mol. The monoisotopic (exact) mass is 303 g/mol. The fourth-order valence-corrected chi connectivity index (χ4v) is 2.63. The van der Waals surface area contributed by atoms with E-state index >= 15 is 0 Å². The summed E-state index contributed by atoms with van der Waals surface area (Å²) < 4.78 is 0. The van der Waals surface area contributed by atoms with Gasteiger partial charge in [0.05, 0.1) is 6.04 Å². The van der Waals surface area contributed by atoms with E-state index in [2.05, 4.69) is 28.5 Å². The first-order chi connectivity index (χ1) is 11.2. The van der Waals surface area contributed by atoms with Crippen LogP contribution in [0.5, 0.6) is 0 Å². The second kappa shape index (κ2) is 7.07. The molecule has 116 valence electrons. The first-order valence-electron chi connectivity index (χ1n) is 7.80. The lowest BCUT2D eigenvalue weighted by Gasteiger charge is -2.16. The number of rotatable bonds is 5. The SMILES string of the molecule is Cc1nc(NCc2ccccc2)ccc1[C@H](N)c1ccccc1. The van der Waals surface area contributed by atoms with Gasteiger partial charge >= 0.3 is 0 Å². The standard InChI is InChI=1S/C20H21N3/c1-15-18(20(21)17-10-6-3-7-11-17)12-13-19(23-15)22-14-16-8-4-2-5-9-16/h2-13,20H,14,21H2,1H3,(H,22,23)/t20-/m1/s1. The van der Waals surface area contributed by atoms with Crippen LogP contribution in [0.3, 0.4) is 0 Å². The van der Waals surface area contributed by atoms with Crippen LogP contribution in [0.1, 0.15) is 28.4 Å². The highest BCUT2D eigenvalue weighted by atomic mass is 15.0. The molecule has 0 fully saturated rings. The summed E-state index contributed by atoms with van der Waals surface area (Å²) in [6, 6.07) is 24.3. The van der Waals surface area contributed by atoms with Crippen molar-refractivity contribution < 1.29 is 0 Å². The van der Waals surface area contributed by atoms with Gasteiger partial charge in [0.25, 0.3) is 0 Å². The Hall–Kier alpha value is -2.65. The van der Waals surface area contributed by atoms with Crippen LogP contribution < -0.4 is 11.1 Å². The molecule has 0 aliphatic heterocycles. The maximum absolute atomic E-state index is 6.37. The normalized spacial score (nSPS) is 11.9. The molecule has 1 heterocycles. The zero-order valence-electron chi connectivity index (χ0n) is 13.2. The highest BCUT2D eigenvalue weighted by Crippen LogP contribution is 2.23. The third kappa shape index (κ3) is 3.76. The van der Waals surface area contributed by atoms with E-state index in [0.717, 1.165) is 29.2 Å². The van der Waals surface area contributed by atoms with Gasteiger partial charge in [0, 0.05) is 12.2 Å². The Morgan fingerprint density at radius 2 is 1.57 bits per heavy atom. The summed E-state index contributed by atoms with van der Waals surface area (Å²) in [7, 11) is 0. The second-order valence-corrected chi connectivity index (χ2v) is 5.60. The van der Waals surface area contributed by atoms with E-state index in [0.29, 0.717) is 0 Å². The predicted octanol–water partition coefficient (Wildman–Crippen LogP) is 4.05. The summed E-state index contributed by atoms with van der Waals surface area (Å²) in [5.74, 6) is 0.871. The third-order valence-electron chi connectivity index (χ3n) is 3.94. The molecule has 3 nitrogen and oxygen atoms in total. The van der Waals surface area contributed by atoms with Gasteiger partial charge in [0.1, 0.15) is 5.82 Å². The Morgan fingerprint density at radius 3 is 2.22 bits per heavy atom. The van der Waals surface area contributed by atoms with Gasteiger partial charge in [-0.3, -0.25) is 0 Å². The van der Waals surface area contributed by atoms with Crippen LogP contribution in [0, 0.1) is 6.92 Å². The Kier molecular flexibility index (Phi) is 4.69. The van der Waals surface area contributed by atoms with Gasteiger partial charge in [-0.15, -0.1) is 0 Å². The summed E-state index contributed by atoms with van der Waals surface area (Å²) in [5, 5.41) is 3.36. The zero-order chi connectivity index (χ0) is 16.1. The van der Waals surface area contributed by atoms with Crippen LogP contribution in [0.25, 0.3) is 0 Å². The number of nitrogens with one attached hydrogen (secondary N) is 1. The van der Waals surface area contributed by atoms with Crippen LogP contribution >= 0.6 is 0 Å². The molecule has 0 saturated carbocycles. The molecule has 2 aromatic carbocycles. The van der Waals surface area contributed by atoms with Gasteiger partial charge in [-0.1, -0.05) is 66.7 Å². The molecule has 0 radical (unpaired) electrons. The fraction of sp³-hybridized carbons (Fsp3) is 0.150. The Bertz CT molecular complexity index is 754. The molecular formula is C20H21N3. The van der Waals surface area contributed by atoms with Crippen molar-refractivity contribution in [3.05, 3.63) is 95.2 Å². The minimum atomic E-state index is -0.146. The molecule has 3 N–H and O–H groups in total. The minimum absolute atomic E-state index is 0.146. The van der Waals surface area contributed by atoms with Gasteiger partial charge < -0.3 is 11.1 Å². The Labute approximate surface area is 137 Å². The number of aryl methyl sites for hydroxylation is 1. The summed E-state index contributed by atoms with van der Waals surface area (Å²) in [6.07, 6.45) is 0. The lowest BCUT2D eigenvalue weighted by molar-refractivity contribution is 0.848. The van der Waals surface area contributed by atoms with Gasteiger partial charge in [-0.05, 0) is 29.7 Å². The minimum Gasteiger partial charge on any atom is -0.366 e. The van der Waals surface area contributed by atoms with E-state index in [1.807, 2.05) is 61.5 Å². The lowest BCUT2D eigenvalue weighted by atomic mass is 9.98. The number of aromatic nitrogens is 1. The topological polar surface area (TPSA) is 50.9 Å². The average Bonchev–Trinajstić information content (AvgIpc) is 2.61. The summed E-state index contributed by atoms with van der Waals surface area (Å²) in [4.78, 5) is 4.64. The molecule has 0 unspecified atom stereocenters. The van der Waals surface area contributed by atoms with Crippen LogP contribution in [-0.4, -0.2) is 4.98 Å². The zero-order valence-corrected chi connectivity index (χ0v) is 13.2. The number of anilines is 1. The van der Waals surface area contributed by atoms with Crippen LogP contribution in [0.4, 0.5) is 5.82 Å². The van der Waals surface area contributed by atoms with Crippen molar-refractivity contribution >= 4 is 5.82 Å². The molecule has 3 rings (SSSR count). The maximum Gasteiger partial charge on any atom is 0.126 e. The molecule has 0 amide bonds. The highest BCUT2D eigenvalue weighted by molar-refractivity contribution is 5.42. The number of hydrogen-bond acceptors (Lipinski definition) is 3. The molecule has 0 spiro atoms. The van der Waals surface area contributed by atoms with E-state index in [9.17, 15) is 0 Å². The maximum atomic E-state index is 6.37. The summed E-state index contributed by atoms with van der Waals surface area (Å²) in [5.41, 5.74) is 10.7. The summed E-state index contributed by atoms with van der Waals surface area (Å²) in [6.45, 7) is 2.77. The van der Waals surface area contributed by atoms with Crippen molar-refractivity contribution in [3.8, 4) is 0 Å². The molecule has 0 bridgehead atoms. The molecule has 3 aromatic rings. The number of pyridine rings is 1. The van der Waals surface area contributed by atoms with E-state index < -0.39 is 0 Å². The Balaban J connectivity index is 1.73. The van der Waals surface area contributed by atoms with Crippen molar-refractivity contribution in [1.82, 2.24) is 4.98 Å². The first-order valence-corrected chi connectivity index (χ1v) is 7.80. The Morgan fingerprint density at radius 1 is 0.913 bits per heavy atom. The molecule has 3 heteroatoms. The summed E-state index contributed by atoms with van der Waals surface area (Å²) >= 11 is 0. The molecule has 1 aromatic heterocycles. The van der Waals surface area contributed by atoms with Crippen molar-refractivity contribution in [2.45, 2.75) is 19.5 Å². The van der Waals surface area contributed by atoms with E-state index in [1.54, 1.807) is 0 Å². The largest absolute Gasteiger partial charge is 0.366 e. The molecule has 0 aliphatic carbocycles. The van der Waals surface area contributed by atoms with Gasteiger partial charge in [0.2, 0.25) is 0 Å². The molecule has 1 atom stereocenters. The van der Waals surface area contributed by atoms with Crippen LogP contribution in [0.2, 0.25) is 0 Å². The van der Waals surface area contributed by atoms with Gasteiger partial charge in [-0.2, -0.15) is 0 Å². The fourth-order valence-electron chi connectivity index (χ4n) is 2.63. The molecule has 23 heavy (non-hydrogen) atoms. The molecule has 0 saturated heterocycles. The van der Waals surface area contributed by atoms with Crippen molar-refractivity contribution in [2.24, 2.45) is 5.73 Å². The van der Waals surface area contributed by atoms with Crippen molar-refractivity contribution in [1.29, 1.82) is 0 Å². The van der Waals surface area contributed by atoms with Crippen molar-refractivity contribution in [2.75, 3.05) is 5.32 Å². The number of hydrogen-bond donors (Lipinski definition) is 2. The van der Waals surface area contributed by atoms with Gasteiger partial charge in [-0.25, -0.2) is 4.98 Å². The average molecular weight is 303 g/mol. The number of nitrogens with zero attached hydrogens (tertiary/aromatic N) is 1.